The summed E-state index contributed by atoms with van der Waals surface area (Å²) in [4.78, 5) is 15.2. The lowest BCUT2D eigenvalue weighted by atomic mass is 9.95. The average molecular weight is 469 g/mol. The first-order valence-electron chi connectivity index (χ1n) is 12.3. The van der Waals surface area contributed by atoms with Crippen molar-refractivity contribution in [1.82, 2.24) is 10.2 Å². The lowest BCUT2D eigenvalue weighted by Crippen LogP contribution is -2.54. The quantitative estimate of drug-likeness (QED) is 0.682. The Balaban J connectivity index is 1.32. The van der Waals surface area contributed by atoms with Crippen LogP contribution in [0.4, 0.5) is 4.39 Å². The number of aliphatic hydroxyl groups is 1. The van der Waals surface area contributed by atoms with Crippen LogP contribution in [0.1, 0.15) is 36.8 Å². The van der Waals surface area contributed by atoms with Gasteiger partial charge in [-0.15, -0.1) is 0 Å². The van der Waals surface area contributed by atoms with Crippen molar-refractivity contribution in [3.63, 3.8) is 0 Å². The second-order valence-electron chi connectivity index (χ2n) is 9.75. The number of fused-ring (bicyclic) bond motifs is 1. The number of amides is 1. The monoisotopic (exact) mass is 468 g/mol. The third kappa shape index (κ3) is 5.27. The van der Waals surface area contributed by atoms with Gasteiger partial charge < -0.3 is 19.9 Å². The molecule has 1 amide bonds. The highest BCUT2D eigenvalue weighted by Gasteiger charge is 2.48. The molecule has 0 aromatic heterocycles. The first-order valence-corrected chi connectivity index (χ1v) is 12.3. The van der Waals surface area contributed by atoms with E-state index in [4.69, 9.17) is 9.47 Å². The highest BCUT2D eigenvalue weighted by atomic mass is 19.1. The van der Waals surface area contributed by atoms with Gasteiger partial charge >= 0.3 is 0 Å². The van der Waals surface area contributed by atoms with Gasteiger partial charge in [-0.2, -0.15) is 0 Å². The van der Waals surface area contributed by atoms with E-state index in [0.717, 1.165) is 32.4 Å². The molecule has 0 bridgehead atoms. The second kappa shape index (κ2) is 10.4. The van der Waals surface area contributed by atoms with Crippen LogP contribution in [0.15, 0.2) is 48.5 Å². The molecule has 6 nitrogen and oxygen atoms in total. The fourth-order valence-electron chi connectivity index (χ4n) is 5.69. The van der Waals surface area contributed by atoms with Crippen molar-refractivity contribution in [3.8, 4) is 5.75 Å². The summed E-state index contributed by atoms with van der Waals surface area (Å²) in [6.07, 6.45) is 2.31. The Bertz CT molecular complexity index is 996. The average Bonchev–Trinajstić information content (AvgIpc) is 3.13. The van der Waals surface area contributed by atoms with Crippen LogP contribution in [0.3, 0.4) is 0 Å². The number of halogens is 1. The molecule has 0 spiro atoms. The third-order valence-electron chi connectivity index (χ3n) is 7.46. The zero-order valence-electron chi connectivity index (χ0n) is 19.4. The van der Waals surface area contributed by atoms with Crippen LogP contribution < -0.4 is 10.1 Å². The van der Waals surface area contributed by atoms with Gasteiger partial charge in [-0.1, -0.05) is 30.3 Å². The van der Waals surface area contributed by atoms with Crippen molar-refractivity contribution in [1.29, 1.82) is 0 Å². The number of aliphatic hydroxyl groups excluding tert-OH is 1. The predicted molar refractivity (Wildman–Crippen MR) is 126 cm³/mol. The van der Waals surface area contributed by atoms with E-state index in [0.29, 0.717) is 37.7 Å². The number of nitrogens with one attached hydrogen (secondary N) is 1. The molecule has 2 fully saturated rings. The van der Waals surface area contributed by atoms with Gasteiger partial charge in [0.1, 0.15) is 23.8 Å². The Kier molecular flexibility index (Phi) is 7.13. The number of ether oxygens (including phenoxy) is 2. The Morgan fingerprint density at radius 2 is 1.94 bits per heavy atom. The van der Waals surface area contributed by atoms with Crippen molar-refractivity contribution in [3.05, 3.63) is 65.5 Å². The lowest BCUT2D eigenvalue weighted by molar-refractivity contribution is -0.123. The van der Waals surface area contributed by atoms with Crippen LogP contribution >= 0.6 is 0 Å². The Morgan fingerprint density at radius 3 is 2.74 bits per heavy atom. The second-order valence-corrected chi connectivity index (χ2v) is 9.75. The number of hydrogen-bond acceptors (Lipinski definition) is 5. The Morgan fingerprint density at radius 1 is 1.15 bits per heavy atom. The van der Waals surface area contributed by atoms with Crippen LogP contribution in [-0.4, -0.2) is 60.0 Å². The third-order valence-corrected chi connectivity index (χ3v) is 7.46. The topological polar surface area (TPSA) is 71.0 Å². The molecule has 2 aliphatic heterocycles. The normalized spacial score (nSPS) is 27.8. The van der Waals surface area contributed by atoms with Crippen molar-refractivity contribution >= 4 is 5.91 Å². The number of rotatable bonds is 6. The fraction of sp³-hybridized carbons (Fsp3) is 0.519. The molecule has 3 aliphatic rings. The molecular formula is C27H33FN2O4. The number of nitrogens with zero attached hydrogens (tertiary/aromatic N) is 1. The highest BCUT2D eigenvalue weighted by Crippen LogP contribution is 2.33. The number of benzene rings is 2. The molecule has 1 saturated carbocycles. The van der Waals surface area contributed by atoms with Crippen LogP contribution in [-0.2, 0) is 22.5 Å². The number of hydrogen-bond donors (Lipinski definition) is 2. The summed E-state index contributed by atoms with van der Waals surface area (Å²) in [5, 5.41) is 14.6. The molecule has 1 saturated heterocycles. The standard InChI is InChI=1S/C27H33FN2O4/c28-21-6-3-7-22(15-21)34-24-16-23(29-25(31)14-18-9-12-33-13-10-18)26(27(24)32)30-11-8-19-4-1-2-5-20(19)17-30/h1-7,15,18,23-24,26-27,32H,8-14,16-17H2,(H,29,31)/t23-,24-,26+,27+/m1/s1. The van der Waals surface area contributed by atoms with Gasteiger partial charge in [0.25, 0.3) is 0 Å². The molecule has 34 heavy (non-hydrogen) atoms. The Labute approximate surface area is 200 Å². The van der Waals surface area contributed by atoms with Gasteiger partial charge in [0.2, 0.25) is 5.91 Å². The van der Waals surface area contributed by atoms with Crippen LogP contribution in [0.25, 0.3) is 0 Å². The van der Waals surface area contributed by atoms with Gasteiger partial charge in [0.05, 0.1) is 12.1 Å². The molecule has 1 aliphatic carbocycles. The molecule has 182 valence electrons. The van der Waals surface area contributed by atoms with E-state index in [2.05, 4.69) is 28.4 Å². The van der Waals surface area contributed by atoms with Gasteiger partial charge in [-0.3, -0.25) is 9.69 Å². The van der Waals surface area contributed by atoms with Crippen molar-refractivity contribution in [2.75, 3.05) is 19.8 Å². The van der Waals surface area contributed by atoms with E-state index in [-0.39, 0.29) is 23.8 Å². The molecule has 5 rings (SSSR count). The molecule has 2 aromatic rings. The molecule has 2 N–H and O–H groups in total. The van der Waals surface area contributed by atoms with E-state index in [1.54, 1.807) is 12.1 Å². The molecule has 0 unspecified atom stereocenters. The minimum atomic E-state index is -0.804. The molecule has 4 atom stereocenters. The SMILES string of the molecule is O=C(CC1CCOCC1)N[C@@H]1C[C@@H](Oc2cccc(F)c2)[C@H](O)[C@H]1N1CCc2ccccc2C1. The Hall–Kier alpha value is -2.48. The fourth-order valence-corrected chi connectivity index (χ4v) is 5.69. The maximum Gasteiger partial charge on any atom is 0.220 e. The van der Waals surface area contributed by atoms with E-state index in [9.17, 15) is 14.3 Å². The first-order chi connectivity index (χ1) is 16.6. The molecule has 2 heterocycles. The van der Waals surface area contributed by atoms with Crippen molar-refractivity contribution < 1.29 is 23.8 Å². The molecule has 7 heteroatoms. The van der Waals surface area contributed by atoms with E-state index >= 15 is 0 Å². The van der Waals surface area contributed by atoms with Gasteiger partial charge in [-0.05, 0) is 48.4 Å². The summed E-state index contributed by atoms with van der Waals surface area (Å²) >= 11 is 0. The summed E-state index contributed by atoms with van der Waals surface area (Å²) in [5.41, 5.74) is 2.58. The zero-order chi connectivity index (χ0) is 23.5. The number of carbonyl (C=O) groups excluding carboxylic acids is 1. The summed E-state index contributed by atoms with van der Waals surface area (Å²) in [6, 6.07) is 13.8. The minimum Gasteiger partial charge on any atom is -0.487 e. The number of carbonyl (C=O) groups is 1. The maximum absolute atomic E-state index is 13.7. The first kappa shape index (κ1) is 23.3. The summed E-state index contributed by atoms with van der Waals surface area (Å²) in [6.45, 7) is 2.94. The van der Waals surface area contributed by atoms with Crippen molar-refractivity contribution in [2.24, 2.45) is 5.92 Å². The lowest BCUT2D eigenvalue weighted by Gasteiger charge is -2.38. The van der Waals surface area contributed by atoms with E-state index < -0.39 is 12.2 Å². The highest BCUT2D eigenvalue weighted by molar-refractivity contribution is 5.76. The minimum absolute atomic E-state index is 0.0120. The molecule has 0 radical (unpaired) electrons. The summed E-state index contributed by atoms with van der Waals surface area (Å²) in [5.74, 6) is 0.356. The zero-order valence-corrected chi connectivity index (χ0v) is 19.4. The molecular weight excluding hydrogens is 435 g/mol. The molecule has 2 aromatic carbocycles. The van der Waals surface area contributed by atoms with E-state index in [1.807, 2.05) is 6.07 Å². The van der Waals surface area contributed by atoms with Crippen molar-refractivity contribution in [2.45, 2.75) is 62.9 Å². The maximum atomic E-state index is 13.7. The van der Waals surface area contributed by atoms with Crippen LogP contribution in [0, 0.1) is 11.7 Å². The van der Waals surface area contributed by atoms with Gasteiger partial charge in [0.15, 0.2) is 0 Å². The van der Waals surface area contributed by atoms with Gasteiger partial charge in [-0.25, -0.2) is 4.39 Å². The largest absolute Gasteiger partial charge is 0.487 e. The van der Waals surface area contributed by atoms with E-state index in [1.165, 1.54) is 23.3 Å². The smallest absolute Gasteiger partial charge is 0.220 e. The van der Waals surface area contributed by atoms with Gasteiger partial charge in [0, 0.05) is 45.2 Å². The van der Waals surface area contributed by atoms with Crippen LogP contribution in [0.2, 0.25) is 0 Å². The predicted octanol–water partition coefficient (Wildman–Crippen LogP) is 3.07. The summed E-state index contributed by atoms with van der Waals surface area (Å²) in [7, 11) is 0. The van der Waals surface area contributed by atoms with Crippen LogP contribution in [0.5, 0.6) is 5.75 Å². The summed E-state index contributed by atoms with van der Waals surface area (Å²) < 4.78 is 25.2.